The van der Waals surface area contributed by atoms with Gasteiger partial charge in [0.1, 0.15) is 0 Å². The Bertz CT molecular complexity index is 1140. The molecule has 2 amide bonds. The number of rotatable bonds is 3. The highest BCUT2D eigenvalue weighted by atomic mass is 32.1. The summed E-state index contributed by atoms with van der Waals surface area (Å²) in [6.07, 6.45) is 6.08. The Morgan fingerprint density at radius 3 is 2.77 bits per heavy atom. The van der Waals surface area contributed by atoms with E-state index in [0.29, 0.717) is 13.0 Å². The van der Waals surface area contributed by atoms with Crippen molar-refractivity contribution >= 4 is 39.4 Å². The minimum Gasteiger partial charge on any atom is -0.342 e. The van der Waals surface area contributed by atoms with Crippen molar-refractivity contribution < 1.29 is 9.59 Å². The zero-order chi connectivity index (χ0) is 21.4. The van der Waals surface area contributed by atoms with Crippen molar-refractivity contribution in [2.24, 2.45) is 0 Å². The second-order valence-electron chi connectivity index (χ2n) is 8.29. The van der Waals surface area contributed by atoms with E-state index in [2.05, 4.69) is 6.07 Å². The van der Waals surface area contributed by atoms with Crippen molar-refractivity contribution in [3.8, 4) is 0 Å². The molecule has 0 saturated carbocycles. The van der Waals surface area contributed by atoms with E-state index in [4.69, 9.17) is 4.98 Å². The smallest absolute Gasteiger partial charge is 0.225 e. The molecule has 3 aromatic rings. The van der Waals surface area contributed by atoms with E-state index >= 15 is 0 Å². The van der Waals surface area contributed by atoms with Gasteiger partial charge in [-0.2, -0.15) is 0 Å². The van der Waals surface area contributed by atoms with Gasteiger partial charge in [0.15, 0.2) is 0 Å². The van der Waals surface area contributed by atoms with E-state index in [0.717, 1.165) is 41.0 Å². The van der Waals surface area contributed by atoms with Gasteiger partial charge in [-0.25, -0.2) is 4.98 Å². The number of nitrogens with zero attached hydrogens (tertiary/aromatic N) is 3. The number of likely N-dealkylation sites (tertiary alicyclic amines) is 1. The van der Waals surface area contributed by atoms with Gasteiger partial charge in [-0.1, -0.05) is 36.4 Å². The molecule has 1 saturated heterocycles. The zero-order valence-corrected chi connectivity index (χ0v) is 18.3. The van der Waals surface area contributed by atoms with Crippen LogP contribution in [0.1, 0.15) is 54.3 Å². The van der Waals surface area contributed by atoms with Gasteiger partial charge in [-0.15, -0.1) is 11.3 Å². The Kier molecular flexibility index (Phi) is 5.32. The second-order valence-corrected chi connectivity index (χ2v) is 9.35. The molecular weight excluding hydrogens is 406 g/mol. The Balaban J connectivity index is 1.34. The monoisotopic (exact) mass is 431 g/mol. The van der Waals surface area contributed by atoms with Crippen molar-refractivity contribution in [2.45, 2.75) is 38.1 Å². The molecule has 2 aliphatic heterocycles. The van der Waals surface area contributed by atoms with E-state index in [1.807, 2.05) is 59.6 Å². The molecule has 5 nitrogen and oxygen atoms in total. The molecule has 1 fully saturated rings. The Morgan fingerprint density at radius 2 is 1.94 bits per heavy atom. The van der Waals surface area contributed by atoms with Gasteiger partial charge in [0.2, 0.25) is 11.8 Å². The van der Waals surface area contributed by atoms with E-state index in [1.54, 1.807) is 23.2 Å². The molecule has 0 bridgehead atoms. The summed E-state index contributed by atoms with van der Waals surface area (Å²) in [5, 5.41) is 1.12. The highest BCUT2D eigenvalue weighted by Gasteiger charge is 2.32. The summed E-state index contributed by atoms with van der Waals surface area (Å²) in [5.41, 5.74) is 3.14. The topological polar surface area (TPSA) is 53.5 Å². The minimum atomic E-state index is -0.256. The quantitative estimate of drug-likeness (QED) is 0.589. The van der Waals surface area contributed by atoms with Gasteiger partial charge in [-0.05, 0) is 42.2 Å². The molecule has 158 valence electrons. The summed E-state index contributed by atoms with van der Waals surface area (Å²) in [6.45, 7) is 3.02. The molecule has 1 aromatic heterocycles. The SMILES string of the molecule is CC(=O)N1C=Cc2ccccc2[C@H]1CC(=O)N1CCC[C@H](c2nc3ccccc3s2)C1. The number of carbonyl (C=O) groups excluding carboxylic acids is 2. The van der Waals surface area contributed by atoms with Crippen molar-refractivity contribution in [3.05, 3.63) is 70.9 Å². The van der Waals surface area contributed by atoms with Crippen LogP contribution in [0.5, 0.6) is 0 Å². The number of benzene rings is 2. The lowest BCUT2D eigenvalue weighted by atomic mass is 9.92. The van der Waals surface area contributed by atoms with Crippen molar-refractivity contribution in [1.29, 1.82) is 0 Å². The summed E-state index contributed by atoms with van der Waals surface area (Å²) < 4.78 is 1.20. The average molecular weight is 432 g/mol. The number of thiazole rings is 1. The molecule has 0 radical (unpaired) electrons. The normalized spacial score (nSPS) is 20.7. The Morgan fingerprint density at radius 1 is 1.13 bits per heavy atom. The predicted molar refractivity (Wildman–Crippen MR) is 124 cm³/mol. The molecule has 0 aliphatic carbocycles. The summed E-state index contributed by atoms with van der Waals surface area (Å²) in [4.78, 5) is 34.1. The van der Waals surface area contributed by atoms with Crippen LogP contribution in [-0.2, 0) is 9.59 Å². The van der Waals surface area contributed by atoms with Crippen LogP contribution in [0.25, 0.3) is 16.3 Å². The zero-order valence-electron chi connectivity index (χ0n) is 17.5. The molecule has 0 N–H and O–H groups in total. The summed E-state index contributed by atoms with van der Waals surface area (Å²) in [7, 11) is 0. The molecule has 2 aliphatic rings. The van der Waals surface area contributed by atoms with Crippen LogP contribution in [0, 0.1) is 0 Å². The lowest BCUT2D eigenvalue weighted by molar-refractivity contribution is -0.135. The first kappa shape index (κ1) is 19.9. The lowest BCUT2D eigenvalue weighted by Gasteiger charge is -2.36. The highest BCUT2D eigenvalue weighted by Crippen LogP contribution is 2.36. The first-order chi connectivity index (χ1) is 15.1. The number of piperidine rings is 1. The number of aromatic nitrogens is 1. The van der Waals surface area contributed by atoms with Gasteiger partial charge >= 0.3 is 0 Å². The molecule has 31 heavy (non-hydrogen) atoms. The second kappa shape index (κ2) is 8.27. The molecule has 6 heteroatoms. The van der Waals surface area contributed by atoms with E-state index < -0.39 is 0 Å². The molecule has 3 heterocycles. The largest absolute Gasteiger partial charge is 0.342 e. The molecule has 2 atom stereocenters. The van der Waals surface area contributed by atoms with Gasteiger partial charge in [0.05, 0.1) is 27.7 Å². The van der Waals surface area contributed by atoms with Gasteiger partial charge < -0.3 is 9.80 Å². The van der Waals surface area contributed by atoms with Crippen LogP contribution in [0.3, 0.4) is 0 Å². The number of carbonyl (C=O) groups is 2. The van der Waals surface area contributed by atoms with Crippen LogP contribution in [0.15, 0.2) is 54.7 Å². The molecule has 0 unspecified atom stereocenters. The van der Waals surface area contributed by atoms with Crippen LogP contribution in [0.2, 0.25) is 0 Å². The average Bonchev–Trinajstić information content (AvgIpc) is 3.23. The molecule has 2 aromatic carbocycles. The van der Waals surface area contributed by atoms with Crippen LogP contribution >= 0.6 is 11.3 Å². The van der Waals surface area contributed by atoms with Crippen molar-refractivity contribution in [3.63, 3.8) is 0 Å². The Labute approximate surface area is 186 Å². The number of para-hydroxylation sites is 1. The van der Waals surface area contributed by atoms with Gasteiger partial charge in [0.25, 0.3) is 0 Å². The fourth-order valence-corrected chi connectivity index (χ4v) is 5.77. The van der Waals surface area contributed by atoms with Crippen molar-refractivity contribution in [2.75, 3.05) is 13.1 Å². The maximum absolute atomic E-state index is 13.3. The Hall–Kier alpha value is -2.99. The van der Waals surface area contributed by atoms with E-state index in [9.17, 15) is 9.59 Å². The van der Waals surface area contributed by atoms with Crippen LogP contribution in [-0.4, -0.2) is 39.7 Å². The van der Waals surface area contributed by atoms with E-state index in [-0.39, 0.29) is 23.8 Å². The van der Waals surface area contributed by atoms with Gasteiger partial charge in [0, 0.05) is 32.1 Å². The predicted octanol–water partition coefficient (Wildman–Crippen LogP) is 4.97. The summed E-state index contributed by atoms with van der Waals surface area (Å²) >= 11 is 1.74. The maximum atomic E-state index is 13.3. The maximum Gasteiger partial charge on any atom is 0.225 e. The van der Waals surface area contributed by atoms with Gasteiger partial charge in [-0.3, -0.25) is 9.59 Å². The van der Waals surface area contributed by atoms with E-state index in [1.165, 1.54) is 4.70 Å². The number of hydrogen-bond acceptors (Lipinski definition) is 4. The number of hydrogen-bond donors (Lipinski definition) is 0. The number of amides is 2. The number of fused-ring (bicyclic) bond motifs is 2. The highest BCUT2D eigenvalue weighted by molar-refractivity contribution is 7.18. The third-order valence-corrected chi connectivity index (χ3v) is 7.47. The summed E-state index contributed by atoms with van der Waals surface area (Å²) in [6, 6.07) is 16.0. The standard InChI is InChI=1S/C25H25N3O2S/c1-17(29)28-14-12-18-7-2-3-9-20(18)22(28)15-24(30)27-13-6-8-19(16-27)25-26-21-10-4-5-11-23(21)31-25/h2-5,7,9-12,14,19,22H,6,8,13,15-16H2,1H3/t19-,22+/m0/s1. The fourth-order valence-electron chi connectivity index (χ4n) is 4.68. The third kappa shape index (κ3) is 3.88. The molecular formula is C25H25N3O2S. The third-order valence-electron chi connectivity index (χ3n) is 6.27. The minimum absolute atomic E-state index is 0.0467. The fraction of sp³-hybridized carbons (Fsp3) is 0.320. The van der Waals surface area contributed by atoms with Crippen LogP contribution in [0.4, 0.5) is 0 Å². The summed E-state index contributed by atoms with van der Waals surface area (Å²) in [5.74, 6) is 0.333. The van der Waals surface area contributed by atoms with Crippen molar-refractivity contribution in [1.82, 2.24) is 14.8 Å². The first-order valence-corrected chi connectivity index (χ1v) is 11.6. The van der Waals surface area contributed by atoms with Crippen LogP contribution < -0.4 is 0 Å². The first-order valence-electron chi connectivity index (χ1n) is 10.8. The molecule has 0 spiro atoms. The lowest BCUT2D eigenvalue weighted by Crippen LogP contribution is -2.41. The molecule has 5 rings (SSSR count).